The molecule has 1 N–H and O–H groups in total. The second-order valence-corrected chi connectivity index (χ2v) is 7.63. The first-order valence-corrected chi connectivity index (χ1v) is 8.24. The molecule has 0 bridgehead atoms. The van der Waals surface area contributed by atoms with Gasteiger partial charge >= 0.3 is 0 Å². The van der Waals surface area contributed by atoms with Crippen LogP contribution in [-0.2, 0) is 10.0 Å². The van der Waals surface area contributed by atoms with E-state index < -0.39 is 15.8 Å². The second kappa shape index (κ2) is 5.60. The Bertz CT molecular complexity index is 598. The molecule has 1 aromatic carbocycles. The number of hydrogen-bond donors (Lipinski definition) is 1. The van der Waals surface area contributed by atoms with Crippen molar-refractivity contribution < 1.29 is 12.8 Å². The molecule has 7 heteroatoms. The molecule has 0 atom stereocenters. The van der Waals surface area contributed by atoms with Gasteiger partial charge < -0.3 is 5.32 Å². The number of halogens is 2. The van der Waals surface area contributed by atoms with Crippen LogP contribution in [0.15, 0.2) is 23.1 Å². The Labute approximate surface area is 124 Å². The minimum absolute atomic E-state index is 0.0649. The topological polar surface area (TPSA) is 49.4 Å². The van der Waals surface area contributed by atoms with Gasteiger partial charge in [-0.25, -0.2) is 12.8 Å². The molecule has 0 aliphatic carbocycles. The fourth-order valence-corrected chi connectivity index (χ4v) is 3.94. The van der Waals surface area contributed by atoms with E-state index in [2.05, 4.69) is 12.2 Å². The third kappa shape index (κ3) is 2.98. The van der Waals surface area contributed by atoms with Gasteiger partial charge in [0.2, 0.25) is 10.0 Å². The molecule has 112 valence electrons. The van der Waals surface area contributed by atoms with Crippen molar-refractivity contribution in [3.8, 4) is 0 Å². The molecule has 2 rings (SSSR count). The van der Waals surface area contributed by atoms with Crippen LogP contribution in [0.1, 0.15) is 19.8 Å². The van der Waals surface area contributed by atoms with Gasteiger partial charge in [0.1, 0.15) is 10.7 Å². The maximum atomic E-state index is 13.8. The van der Waals surface area contributed by atoms with Gasteiger partial charge in [-0.1, -0.05) is 11.6 Å². The van der Waals surface area contributed by atoms with Crippen LogP contribution in [0.2, 0.25) is 5.02 Å². The molecular weight excluding hydrogens is 303 g/mol. The Morgan fingerprint density at radius 3 is 2.45 bits per heavy atom. The molecule has 0 saturated carbocycles. The number of hydrogen-bond acceptors (Lipinski definition) is 3. The minimum Gasteiger partial charge on any atom is -0.314 e. The van der Waals surface area contributed by atoms with E-state index in [1.54, 1.807) is 0 Å². The number of sulfonamides is 1. The largest absolute Gasteiger partial charge is 0.314 e. The van der Waals surface area contributed by atoms with Crippen molar-refractivity contribution in [3.05, 3.63) is 29.0 Å². The van der Waals surface area contributed by atoms with Crippen LogP contribution in [0.25, 0.3) is 0 Å². The first kappa shape index (κ1) is 15.7. The zero-order valence-corrected chi connectivity index (χ0v) is 13.1. The normalized spacial score (nSPS) is 20.0. The van der Waals surface area contributed by atoms with Crippen molar-refractivity contribution in [1.82, 2.24) is 9.62 Å². The minimum atomic E-state index is -3.80. The molecular formula is C13H18ClFN2O2S. The first-order valence-electron chi connectivity index (χ1n) is 6.43. The zero-order valence-electron chi connectivity index (χ0n) is 11.5. The van der Waals surface area contributed by atoms with E-state index in [1.807, 2.05) is 7.05 Å². The van der Waals surface area contributed by atoms with Crippen molar-refractivity contribution in [3.63, 3.8) is 0 Å². The number of rotatable bonds is 3. The lowest BCUT2D eigenvalue weighted by Crippen LogP contribution is -2.51. The standard InChI is InChI=1S/C13H18ClFN2O2S/c1-13(16-2)5-7-17(8-6-13)20(18,19)12-4-3-10(14)9-11(12)15/h3-4,9,16H,5-8H2,1-2H3. The molecule has 0 unspecified atom stereocenters. The van der Waals surface area contributed by atoms with Crippen LogP contribution in [0, 0.1) is 5.82 Å². The third-order valence-corrected chi connectivity index (χ3v) is 6.11. The first-order chi connectivity index (χ1) is 9.28. The molecule has 4 nitrogen and oxygen atoms in total. The molecule has 0 spiro atoms. The highest BCUT2D eigenvalue weighted by atomic mass is 35.5. The summed E-state index contributed by atoms with van der Waals surface area (Å²) >= 11 is 5.65. The summed E-state index contributed by atoms with van der Waals surface area (Å²) in [7, 11) is -1.93. The lowest BCUT2D eigenvalue weighted by Gasteiger charge is -2.38. The summed E-state index contributed by atoms with van der Waals surface area (Å²) in [6.45, 7) is 2.81. The van der Waals surface area contributed by atoms with E-state index in [9.17, 15) is 12.8 Å². The van der Waals surface area contributed by atoms with Crippen molar-refractivity contribution >= 4 is 21.6 Å². The maximum absolute atomic E-state index is 13.8. The Morgan fingerprint density at radius 2 is 1.95 bits per heavy atom. The lowest BCUT2D eigenvalue weighted by molar-refractivity contribution is 0.219. The van der Waals surface area contributed by atoms with Crippen molar-refractivity contribution in [1.29, 1.82) is 0 Å². The van der Waals surface area contributed by atoms with E-state index in [0.717, 1.165) is 6.07 Å². The van der Waals surface area contributed by atoms with Gasteiger partial charge in [0.05, 0.1) is 0 Å². The molecule has 1 heterocycles. The summed E-state index contributed by atoms with van der Waals surface area (Å²) in [4.78, 5) is -0.310. The van der Waals surface area contributed by atoms with Crippen LogP contribution in [-0.4, -0.2) is 38.4 Å². The smallest absolute Gasteiger partial charge is 0.245 e. The summed E-state index contributed by atoms with van der Waals surface area (Å²) in [6.07, 6.45) is 1.38. The highest BCUT2D eigenvalue weighted by Crippen LogP contribution is 2.28. The van der Waals surface area contributed by atoms with Gasteiger partial charge in [0.25, 0.3) is 0 Å². The zero-order chi connectivity index (χ0) is 15.0. The van der Waals surface area contributed by atoms with Gasteiger partial charge in [-0.2, -0.15) is 4.31 Å². The molecule has 1 saturated heterocycles. The van der Waals surface area contributed by atoms with Crippen molar-refractivity contribution in [2.24, 2.45) is 0 Å². The van der Waals surface area contributed by atoms with Gasteiger partial charge in [0.15, 0.2) is 0 Å². The van der Waals surface area contributed by atoms with Crippen LogP contribution in [0.5, 0.6) is 0 Å². The number of nitrogens with zero attached hydrogens (tertiary/aromatic N) is 1. The SMILES string of the molecule is CNC1(C)CCN(S(=O)(=O)c2ccc(Cl)cc2F)CC1. The van der Waals surface area contributed by atoms with E-state index in [4.69, 9.17) is 11.6 Å². The average molecular weight is 321 g/mol. The van der Waals surface area contributed by atoms with Gasteiger partial charge in [-0.15, -0.1) is 0 Å². The Morgan fingerprint density at radius 1 is 1.35 bits per heavy atom. The average Bonchev–Trinajstić information content (AvgIpc) is 2.39. The fourth-order valence-electron chi connectivity index (χ4n) is 2.29. The Hall–Kier alpha value is -0.690. The second-order valence-electron chi connectivity index (χ2n) is 5.29. The van der Waals surface area contributed by atoms with Crippen molar-refractivity contribution in [2.75, 3.05) is 20.1 Å². The van der Waals surface area contributed by atoms with Gasteiger partial charge in [0, 0.05) is 23.7 Å². The summed E-state index contributed by atoms with van der Waals surface area (Å²) in [6, 6.07) is 3.63. The Kier molecular flexibility index (Phi) is 4.39. The highest BCUT2D eigenvalue weighted by molar-refractivity contribution is 7.89. The Balaban J connectivity index is 2.24. The molecule has 0 aromatic heterocycles. The van der Waals surface area contributed by atoms with Gasteiger partial charge in [-0.05, 0) is 45.0 Å². The number of piperidine rings is 1. The predicted octanol–water partition coefficient (Wildman–Crippen LogP) is 2.24. The summed E-state index contributed by atoms with van der Waals surface area (Å²) in [5, 5.41) is 3.38. The van der Waals surface area contributed by atoms with E-state index >= 15 is 0 Å². The van der Waals surface area contributed by atoms with Crippen LogP contribution >= 0.6 is 11.6 Å². The summed E-state index contributed by atoms with van der Waals surface area (Å²) in [5.41, 5.74) is -0.0649. The molecule has 1 aliphatic rings. The quantitative estimate of drug-likeness (QED) is 0.929. The van der Waals surface area contributed by atoms with Crippen molar-refractivity contribution in [2.45, 2.75) is 30.2 Å². The van der Waals surface area contributed by atoms with E-state index in [1.165, 1.54) is 16.4 Å². The molecule has 1 aromatic rings. The third-order valence-electron chi connectivity index (χ3n) is 3.94. The molecule has 20 heavy (non-hydrogen) atoms. The monoisotopic (exact) mass is 320 g/mol. The van der Waals surface area contributed by atoms with E-state index in [-0.39, 0.29) is 15.5 Å². The predicted molar refractivity (Wildman–Crippen MR) is 76.9 cm³/mol. The van der Waals surface area contributed by atoms with Crippen LogP contribution in [0.3, 0.4) is 0 Å². The molecule has 1 aliphatic heterocycles. The molecule has 1 fully saturated rings. The van der Waals surface area contributed by atoms with Crippen LogP contribution in [0.4, 0.5) is 4.39 Å². The maximum Gasteiger partial charge on any atom is 0.245 e. The summed E-state index contributed by atoms with van der Waals surface area (Å²) < 4.78 is 40.0. The highest BCUT2D eigenvalue weighted by Gasteiger charge is 2.35. The van der Waals surface area contributed by atoms with E-state index in [0.29, 0.717) is 25.9 Å². The number of nitrogens with one attached hydrogen (secondary N) is 1. The molecule has 0 amide bonds. The lowest BCUT2D eigenvalue weighted by atomic mass is 9.91. The van der Waals surface area contributed by atoms with Gasteiger partial charge in [-0.3, -0.25) is 0 Å². The number of benzene rings is 1. The fraction of sp³-hybridized carbons (Fsp3) is 0.538. The summed E-state index contributed by atoms with van der Waals surface area (Å²) in [5.74, 6) is -0.806. The van der Waals surface area contributed by atoms with Crippen LogP contribution < -0.4 is 5.32 Å². The molecule has 0 radical (unpaired) electrons.